The number of amides is 3. The molecule has 0 aliphatic carbocycles. The summed E-state index contributed by atoms with van der Waals surface area (Å²) in [7, 11) is 0. The van der Waals surface area contributed by atoms with Gasteiger partial charge in [0.05, 0.1) is 17.9 Å². The Hall–Kier alpha value is -6.12. The lowest BCUT2D eigenvalue weighted by Crippen LogP contribution is -2.50. The summed E-state index contributed by atoms with van der Waals surface area (Å²) in [5, 5.41) is 6.42. The lowest BCUT2D eigenvalue weighted by atomic mass is 10.2. The molecule has 5 rings (SSSR count). The van der Waals surface area contributed by atoms with E-state index >= 15 is 4.39 Å². The van der Waals surface area contributed by atoms with Crippen molar-refractivity contribution in [2.75, 3.05) is 43.8 Å². The summed E-state index contributed by atoms with van der Waals surface area (Å²) >= 11 is 0. The highest BCUT2D eigenvalue weighted by molar-refractivity contribution is 6.04. The van der Waals surface area contributed by atoms with Gasteiger partial charge >= 0.3 is 6.09 Å². The second kappa shape index (κ2) is 15.6. The van der Waals surface area contributed by atoms with Gasteiger partial charge in [-0.25, -0.2) is 18.6 Å². The molecule has 0 bridgehead atoms. The van der Waals surface area contributed by atoms with E-state index in [4.69, 9.17) is 15.2 Å². The SMILES string of the molecule is CCCCOC(=O)N1CCN(C(=O)C=Cc2c(Oc3ccc(NC(=O)c4ccnn(-c5ccc(F)cc5)c4=O)cc3F)ccnc2N)CC1. The van der Waals surface area contributed by atoms with Gasteiger partial charge in [0.15, 0.2) is 11.6 Å². The number of aromatic nitrogens is 3. The van der Waals surface area contributed by atoms with Crippen molar-refractivity contribution in [3.05, 3.63) is 106 Å². The summed E-state index contributed by atoms with van der Waals surface area (Å²) < 4.78 is 40.5. The van der Waals surface area contributed by atoms with Crippen molar-refractivity contribution in [2.45, 2.75) is 19.8 Å². The minimum atomic E-state index is -0.844. The summed E-state index contributed by atoms with van der Waals surface area (Å²) in [5.41, 5.74) is 5.56. The molecule has 3 amide bonds. The van der Waals surface area contributed by atoms with Crippen molar-refractivity contribution in [3.8, 4) is 17.2 Å². The van der Waals surface area contributed by atoms with Crippen LogP contribution >= 0.6 is 0 Å². The number of halogens is 2. The van der Waals surface area contributed by atoms with Gasteiger partial charge in [-0.1, -0.05) is 13.3 Å². The molecule has 2 aromatic carbocycles. The third-order valence-corrected chi connectivity index (χ3v) is 7.52. The monoisotopic (exact) mass is 673 g/mol. The zero-order chi connectivity index (χ0) is 34.9. The summed E-state index contributed by atoms with van der Waals surface area (Å²) in [4.78, 5) is 58.1. The van der Waals surface area contributed by atoms with Crippen LogP contribution in [0.25, 0.3) is 11.8 Å². The second-order valence-corrected chi connectivity index (χ2v) is 10.9. The molecular weight excluding hydrogens is 640 g/mol. The molecule has 3 heterocycles. The molecule has 13 nitrogen and oxygen atoms in total. The highest BCUT2D eigenvalue weighted by Crippen LogP contribution is 2.32. The number of hydrogen-bond acceptors (Lipinski definition) is 9. The number of nitrogens with two attached hydrogens (primary N) is 1. The van der Waals surface area contributed by atoms with Crippen molar-refractivity contribution in [3.63, 3.8) is 0 Å². The van der Waals surface area contributed by atoms with Crippen LogP contribution in [0.2, 0.25) is 0 Å². The van der Waals surface area contributed by atoms with E-state index in [0.717, 1.165) is 35.7 Å². The van der Waals surface area contributed by atoms with E-state index in [-0.39, 0.29) is 45.7 Å². The van der Waals surface area contributed by atoms with Crippen LogP contribution in [0.1, 0.15) is 35.7 Å². The normalized spacial score (nSPS) is 13.0. The Kier molecular flexibility index (Phi) is 10.9. The lowest BCUT2D eigenvalue weighted by Gasteiger charge is -2.33. The number of pyridine rings is 1. The van der Waals surface area contributed by atoms with Gasteiger partial charge in [0.1, 0.15) is 22.9 Å². The van der Waals surface area contributed by atoms with E-state index in [2.05, 4.69) is 15.4 Å². The number of carbonyl (C=O) groups excluding carboxylic acids is 3. The number of hydrogen-bond donors (Lipinski definition) is 2. The third kappa shape index (κ3) is 8.43. The fourth-order valence-corrected chi connectivity index (χ4v) is 4.82. The number of piperazine rings is 1. The summed E-state index contributed by atoms with van der Waals surface area (Å²) in [5.74, 6) is -2.54. The van der Waals surface area contributed by atoms with Gasteiger partial charge in [0, 0.05) is 56.4 Å². The maximum absolute atomic E-state index is 15.2. The number of rotatable bonds is 10. The minimum absolute atomic E-state index is 0.0358. The smallest absolute Gasteiger partial charge is 0.409 e. The van der Waals surface area contributed by atoms with Gasteiger partial charge in [-0.3, -0.25) is 14.4 Å². The second-order valence-electron chi connectivity index (χ2n) is 10.9. The highest BCUT2D eigenvalue weighted by atomic mass is 19.1. The maximum atomic E-state index is 15.2. The minimum Gasteiger partial charge on any atom is -0.453 e. The molecule has 0 atom stereocenters. The van der Waals surface area contributed by atoms with Gasteiger partial charge in [0.2, 0.25) is 5.91 Å². The molecule has 2 aromatic heterocycles. The first-order valence-electron chi connectivity index (χ1n) is 15.4. The quantitative estimate of drug-likeness (QED) is 0.181. The molecule has 49 heavy (non-hydrogen) atoms. The summed E-state index contributed by atoms with van der Waals surface area (Å²) in [6, 6.07) is 11.3. The maximum Gasteiger partial charge on any atom is 0.409 e. The Labute approximate surface area is 279 Å². The first-order valence-corrected chi connectivity index (χ1v) is 15.4. The van der Waals surface area contributed by atoms with Gasteiger partial charge < -0.3 is 30.3 Å². The molecule has 15 heteroatoms. The Balaban J connectivity index is 1.23. The van der Waals surface area contributed by atoms with Crippen LogP contribution in [0.3, 0.4) is 0 Å². The van der Waals surface area contributed by atoms with E-state index in [1.807, 2.05) is 6.92 Å². The molecule has 1 aliphatic rings. The molecule has 0 radical (unpaired) electrons. The van der Waals surface area contributed by atoms with Gasteiger partial charge in [-0.2, -0.15) is 9.78 Å². The average molecular weight is 674 g/mol. The number of nitrogens with zero attached hydrogens (tertiary/aromatic N) is 5. The van der Waals surface area contributed by atoms with Crippen LogP contribution in [0, 0.1) is 11.6 Å². The Morgan fingerprint density at radius 3 is 2.41 bits per heavy atom. The molecule has 3 N–H and O–H groups in total. The van der Waals surface area contributed by atoms with Crippen LogP contribution in [-0.2, 0) is 9.53 Å². The van der Waals surface area contributed by atoms with Gasteiger partial charge in [-0.05, 0) is 61.0 Å². The topological polar surface area (TPSA) is 162 Å². The Morgan fingerprint density at radius 2 is 1.69 bits per heavy atom. The van der Waals surface area contributed by atoms with Crippen molar-refractivity contribution < 1.29 is 32.6 Å². The highest BCUT2D eigenvalue weighted by Gasteiger charge is 2.24. The Morgan fingerprint density at radius 1 is 0.959 bits per heavy atom. The van der Waals surface area contributed by atoms with Crippen molar-refractivity contribution in [2.24, 2.45) is 0 Å². The Bertz CT molecular complexity index is 1930. The first kappa shape index (κ1) is 34.2. The van der Waals surface area contributed by atoms with Crippen LogP contribution < -0.4 is 21.3 Å². The number of benzene rings is 2. The molecule has 254 valence electrons. The molecule has 0 spiro atoms. The first-order chi connectivity index (χ1) is 23.6. The van der Waals surface area contributed by atoms with Crippen LogP contribution in [0.4, 0.5) is 25.1 Å². The fourth-order valence-electron chi connectivity index (χ4n) is 4.82. The lowest BCUT2D eigenvalue weighted by molar-refractivity contribution is -0.127. The molecular formula is C34H33F2N7O6. The van der Waals surface area contributed by atoms with Crippen LogP contribution in [0.15, 0.2) is 77.9 Å². The van der Waals surface area contributed by atoms with Crippen LogP contribution in [0.5, 0.6) is 11.5 Å². The van der Waals surface area contributed by atoms with Gasteiger partial charge in [-0.15, -0.1) is 0 Å². The number of nitrogen functional groups attached to an aromatic ring is 1. The standard InChI is InChI=1S/C34H33F2N7O6/c1-2-3-20-48-34(47)42-18-16-41(17-19-42)30(44)11-9-25-28(13-14-38-31(25)37)49-29-10-6-23(21-27(29)36)40-32(45)26-12-15-39-43(33(26)46)24-7-4-22(35)5-8-24/h4-15,21H,2-3,16-20H2,1H3,(H2,37,38)(H,40,45). The van der Waals surface area contributed by atoms with E-state index in [1.54, 1.807) is 9.80 Å². The number of nitrogens with one attached hydrogen (secondary N) is 1. The predicted octanol–water partition coefficient (Wildman–Crippen LogP) is 4.63. The van der Waals surface area contributed by atoms with E-state index in [9.17, 15) is 23.6 Å². The molecule has 4 aromatic rings. The molecule has 1 saturated heterocycles. The third-order valence-electron chi connectivity index (χ3n) is 7.52. The van der Waals surface area contributed by atoms with Crippen molar-refractivity contribution >= 4 is 35.5 Å². The van der Waals surface area contributed by atoms with E-state index in [1.165, 1.54) is 60.9 Å². The zero-order valence-electron chi connectivity index (χ0n) is 26.5. The number of anilines is 2. The van der Waals surface area contributed by atoms with Crippen LogP contribution in [-0.4, -0.2) is 75.3 Å². The van der Waals surface area contributed by atoms with Crippen molar-refractivity contribution in [1.29, 1.82) is 0 Å². The number of ether oxygens (including phenoxy) is 2. The van der Waals surface area contributed by atoms with Gasteiger partial charge in [0.25, 0.3) is 11.5 Å². The molecule has 0 saturated carbocycles. The largest absolute Gasteiger partial charge is 0.453 e. The average Bonchev–Trinajstić information content (AvgIpc) is 3.09. The van der Waals surface area contributed by atoms with E-state index in [0.29, 0.717) is 32.8 Å². The summed E-state index contributed by atoms with van der Waals surface area (Å²) in [6.45, 7) is 3.66. The zero-order valence-corrected chi connectivity index (χ0v) is 26.5. The summed E-state index contributed by atoms with van der Waals surface area (Å²) in [6.07, 6.45) is 6.63. The fraction of sp³-hybridized carbons (Fsp3) is 0.235. The molecule has 1 fully saturated rings. The van der Waals surface area contributed by atoms with Crippen molar-refractivity contribution in [1.82, 2.24) is 24.6 Å². The number of carbonyl (C=O) groups is 3. The molecule has 1 aliphatic heterocycles. The molecule has 0 unspecified atom stereocenters. The van der Waals surface area contributed by atoms with E-state index < -0.39 is 29.2 Å². The number of unbranched alkanes of at least 4 members (excludes halogenated alkanes) is 1. The predicted molar refractivity (Wildman–Crippen MR) is 176 cm³/mol.